The van der Waals surface area contributed by atoms with E-state index in [1.54, 1.807) is 6.08 Å². The third kappa shape index (κ3) is 0.844. The molecule has 0 aliphatic heterocycles. The zero-order chi connectivity index (χ0) is 10.6. The molecule has 2 bridgehead atoms. The first kappa shape index (κ1) is 9.97. The molecule has 0 heterocycles. The summed E-state index contributed by atoms with van der Waals surface area (Å²) in [5, 5.41) is 10.6. The van der Waals surface area contributed by atoms with Crippen LogP contribution < -0.4 is 0 Å². The summed E-state index contributed by atoms with van der Waals surface area (Å²) in [6.07, 6.45) is 8.13. The van der Waals surface area contributed by atoms with Crippen LogP contribution in [-0.4, -0.2) is 10.7 Å². The molecule has 1 nitrogen and oxygen atoms in total. The second-order valence-electron chi connectivity index (χ2n) is 5.56. The Hall–Kier alpha value is -0.560. The Morgan fingerprint density at radius 3 is 2.64 bits per heavy atom. The van der Waals surface area contributed by atoms with E-state index in [1.807, 2.05) is 0 Å². The molecular weight excluding hydrogens is 172 g/mol. The van der Waals surface area contributed by atoms with Gasteiger partial charge in [-0.3, -0.25) is 0 Å². The molecular formula is C13H20O. The fourth-order valence-corrected chi connectivity index (χ4v) is 3.26. The molecule has 2 aliphatic rings. The van der Waals surface area contributed by atoms with Gasteiger partial charge in [-0.05, 0) is 24.2 Å². The fourth-order valence-electron chi connectivity index (χ4n) is 3.26. The Bertz CT molecular complexity index is 302. The van der Waals surface area contributed by atoms with Gasteiger partial charge in [-0.1, -0.05) is 39.0 Å². The van der Waals surface area contributed by atoms with Gasteiger partial charge in [0, 0.05) is 5.41 Å². The number of rotatable bonds is 1. The van der Waals surface area contributed by atoms with Crippen LogP contribution in [0.1, 0.15) is 33.6 Å². The zero-order valence-corrected chi connectivity index (χ0v) is 9.38. The fraction of sp³-hybridized carbons (Fsp3) is 0.692. The standard InChI is InChI=1S/C13H20O/c1-5-13(14)9-7-10-6-8-12(13,4)11(10,2)3/h5-6,8,10,14H,1,7,9H2,2-4H3/t10-,12-,13+/m0/s1. The van der Waals surface area contributed by atoms with E-state index in [0.29, 0.717) is 5.92 Å². The van der Waals surface area contributed by atoms with Crippen LogP contribution in [0.3, 0.4) is 0 Å². The van der Waals surface area contributed by atoms with Crippen molar-refractivity contribution in [2.45, 2.75) is 39.2 Å². The van der Waals surface area contributed by atoms with Gasteiger partial charge < -0.3 is 5.11 Å². The lowest BCUT2D eigenvalue weighted by atomic mass is 9.52. The Labute approximate surface area is 86.5 Å². The third-order valence-electron chi connectivity index (χ3n) is 5.00. The normalized spacial score (nSPS) is 49.3. The Kier molecular flexibility index (Phi) is 1.79. The van der Waals surface area contributed by atoms with E-state index in [-0.39, 0.29) is 10.8 Å². The quantitative estimate of drug-likeness (QED) is 0.633. The predicted octanol–water partition coefficient (Wildman–Crippen LogP) is 2.92. The van der Waals surface area contributed by atoms with Crippen molar-refractivity contribution in [2.24, 2.45) is 16.7 Å². The van der Waals surface area contributed by atoms with Crippen LogP contribution in [0.2, 0.25) is 0 Å². The minimum Gasteiger partial charge on any atom is -0.385 e. The van der Waals surface area contributed by atoms with Gasteiger partial charge in [-0.25, -0.2) is 0 Å². The maximum absolute atomic E-state index is 10.6. The highest BCUT2D eigenvalue weighted by atomic mass is 16.3. The average Bonchev–Trinajstić information content (AvgIpc) is 2.30. The van der Waals surface area contributed by atoms with Crippen molar-refractivity contribution in [2.75, 3.05) is 0 Å². The lowest BCUT2D eigenvalue weighted by molar-refractivity contribution is -0.113. The molecule has 1 heteroatoms. The second kappa shape index (κ2) is 2.52. The smallest absolute Gasteiger partial charge is 0.0918 e. The summed E-state index contributed by atoms with van der Waals surface area (Å²) in [7, 11) is 0. The summed E-state index contributed by atoms with van der Waals surface area (Å²) in [5.74, 6) is 0.618. The minimum absolute atomic E-state index is 0.147. The van der Waals surface area contributed by atoms with Gasteiger partial charge in [-0.15, -0.1) is 6.58 Å². The highest BCUT2D eigenvalue weighted by molar-refractivity contribution is 5.30. The molecule has 1 N–H and O–H groups in total. The molecule has 1 saturated carbocycles. The second-order valence-corrected chi connectivity index (χ2v) is 5.56. The van der Waals surface area contributed by atoms with Crippen molar-refractivity contribution >= 4 is 0 Å². The molecule has 0 aromatic rings. The molecule has 78 valence electrons. The Morgan fingerprint density at radius 2 is 2.07 bits per heavy atom. The van der Waals surface area contributed by atoms with Gasteiger partial charge in [0.25, 0.3) is 0 Å². The van der Waals surface area contributed by atoms with E-state index in [2.05, 4.69) is 39.5 Å². The van der Waals surface area contributed by atoms with Crippen LogP contribution in [0, 0.1) is 16.7 Å². The molecule has 14 heavy (non-hydrogen) atoms. The maximum Gasteiger partial charge on any atom is 0.0918 e. The molecule has 0 amide bonds. The van der Waals surface area contributed by atoms with Crippen molar-refractivity contribution in [1.82, 2.24) is 0 Å². The monoisotopic (exact) mass is 192 g/mol. The van der Waals surface area contributed by atoms with Crippen molar-refractivity contribution in [3.05, 3.63) is 24.8 Å². The van der Waals surface area contributed by atoms with E-state index in [4.69, 9.17) is 0 Å². The summed E-state index contributed by atoms with van der Waals surface area (Å²) in [6.45, 7) is 10.5. The molecule has 2 aliphatic carbocycles. The lowest BCUT2D eigenvalue weighted by Gasteiger charge is -2.54. The van der Waals surface area contributed by atoms with Crippen LogP contribution >= 0.6 is 0 Å². The maximum atomic E-state index is 10.6. The van der Waals surface area contributed by atoms with Crippen molar-refractivity contribution in [1.29, 1.82) is 0 Å². The van der Waals surface area contributed by atoms with Crippen molar-refractivity contribution in [3.8, 4) is 0 Å². The number of hydrogen-bond acceptors (Lipinski definition) is 1. The van der Waals surface area contributed by atoms with E-state index < -0.39 is 5.60 Å². The average molecular weight is 192 g/mol. The van der Waals surface area contributed by atoms with E-state index >= 15 is 0 Å². The van der Waals surface area contributed by atoms with Crippen molar-refractivity contribution in [3.63, 3.8) is 0 Å². The number of allylic oxidation sites excluding steroid dienone is 1. The summed E-state index contributed by atoms with van der Waals surface area (Å²) in [6, 6.07) is 0. The third-order valence-corrected chi connectivity index (χ3v) is 5.00. The molecule has 0 unspecified atom stereocenters. The van der Waals surface area contributed by atoms with Gasteiger partial charge in [0.05, 0.1) is 5.60 Å². The first-order chi connectivity index (χ1) is 6.37. The molecule has 2 rings (SSSR count). The molecule has 0 aromatic carbocycles. The topological polar surface area (TPSA) is 20.2 Å². The molecule has 0 radical (unpaired) electrons. The largest absolute Gasteiger partial charge is 0.385 e. The Morgan fingerprint density at radius 1 is 1.43 bits per heavy atom. The summed E-state index contributed by atoms with van der Waals surface area (Å²) < 4.78 is 0. The van der Waals surface area contributed by atoms with Crippen molar-refractivity contribution < 1.29 is 5.11 Å². The first-order valence-corrected chi connectivity index (χ1v) is 5.43. The molecule has 0 spiro atoms. The van der Waals surface area contributed by atoms with Crippen LogP contribution in [0.15, 0.2) is 24.8 Å². The van der Waals surface area contributed by atoms with Gasteiger partial charge in [-0.2, -0.15) is 0 Å². The van der Waals surface area contributed by atoms with E-state index in [1.165, 1.54) is 0 Å². The highest BCUT2D eigenvalue weighted by Crippen LogP contribution is 2.63. The van der Waals surface area contributed by atoms with Gasteiger partial charge in [0.15, 0.2) is 0 Å². The number of hydrogen-bond donors (Lipinski definition) is 1. The number of fused-ring (bicyclic) bond motifs is 2. The molecule has 0 saturated heterocycles. The predicted molar refractivity (Wildman–Crippen MR) is 58.9 cm³/mol. The van der Waals surface area contributed by atoms with Crippen LogP contribution in [-0.2, 0) is 0 Å². The molecule has 0 aromatic heterocycles. The van der Waals surface area contributed by atoms with Gasteiger partial charge in [0.1, 0.15) is 0 Å². The van der Waals surface area contributed by atoms with Crippen LogP contribution in [0.4, 0.5) is 0 Å². The zero-order valence-electron chi connectivity index (χ0n) is 9.38. The van der Waals surface area contributed by atoms with Gasteiger partial charge >= 0.3 is 0 Å². The molecule has 1 fully saturated rings. The van der Waals surface area contributed by atoms with Gasteiger partial charge in [0.2, 0.25) is 0 Å². The minimum atomic E-state index is -0.722. The summed E-state index contributed by atoms with van der Waals surface area (Å²) >= 11 is 0. The van der Waals surface area contributed by atoms with Crippen LogP contribution in [0.25, 0.3) is 0 Å². The lowest BCUT2D eigenvalue weighted by Crippen LogP contribution is -2.55. The highest BCUT2D eigenvalue weighted by Gasteiger charge is 2.60. The Balaban J connectivity index is 2.54. The van der Waals surface area contributed by atoms with Crippen LogP contribution in [0.5, 0.6) is 0 Å². The van der Waals surface area contributed by atoms with E-state index in [9.17, 15) is 5.11 Å². The first-order valence-electron chi connectivity index (χ1n) is 5.43. The number of aliphatic hydroxyl groups is 1. The SMILES string of the molecule is C=C[C@@]1(O)CC[C@@H]2C=C[C@@]1(C)C2(C)C. The van der Waals surface area contributed by atoms with E-state index in [0.717, 1.165) is 12.8 Å². The summed E-state index contributed by atoms with van der Waals surface area (Å²) in [4.78, 5) is 0. The summed E-state index contributed by atoms with van der Waals surface area (Å²) in [5.41, 5.74) is -0.723. The molecule has 3 atom stereocenters.